The zero-order valence-electron chi connectivity index (χ0n) is 14.7. The lowest BCUT2D eigenvalue weighted by molar-refractivity contribution is -0.124. The first-order chi connectivity index (χ1) is 9.13. The van der Waals surface area contributed by atoms with E-state index in [1.165, 1.54) is 10.8 Å². The zero-order valence-corrected chi connectivity index (χ0v) is 15.7. The van der Waals surface area contributed by atoms with Crippen molar-refractivity contribution in [2.75, 3.05) is 7.11 Å². The van der Waals surface area contributed by atoms with Crippen molar-refractivity contribution in [2.24, 2.45) is 5.92 Å². The van der Waals surface area contributed by atoms with Crippen LogP contribution in [0.4, 0.5) is 0 Å². The van der Waals surface area contributed by atoms with E-state index in [0.29, 0.717) is 16.6 Å². The highest BCUT2D eigenvalue weighted by Gasteiger charge is 2.53. The molecule has 0 spiro atoms. The number of carbonyl (C=O) groups is 1. The monoisotopic (exact) mass is 296 g/mol. The predicted molar refractivity (Wildman–Crippen MR) is 88.7 cm³/mol. The Balaban J connectivity index is 3.54. The van der Waals surface area contributed by atoms with Crippen LogP contribution < -0.4 is 0 Å². The second kappa shape index (κ2) is 6.14. The van der Waals surface area contributed by atoms with E-state index >= 15 is 0 Å². The van der Waals surface area contributed by atoms with Gasteiger partial charge in [0.1, 0.15) is 6.10 Å². The summed E-state index contributed by atoms with van der Waals surface area (Å²) in [6.07, 6.45) is -0.256. The number of carbonyl (C=O) groups excluding carboxylic acids is 1. The summed E-state index contributed by atoms with van der Waals surface area (Å²) in [4.78, 5) is 13.0. The van der Waals surface area contributed by atoms with E-state index < -0.39 is 8.07 Å². The lowest BCUT2D eigenvalue weighted by atomic mass is 10.0. The summed E-state index contributed by atoms with van der Waals surface area (Å²) in [5.41, 5.74) is 3.00. The molecule has 0 fully saturated rings. The fraction of sp³-hybridized carbons (Fsp3) is 0.824. The summed E-state index contributed by atoms with van der Waals surface area (Å²) in [5.74, 6) is 0.505. The van der Waals surface area contributed by atoms with E-state index in [9.17, 15) is 4.79 Å². The fourth-order valence-electron chi connectivity index (χ4n) is 4.75. The molecule has 0 saturated carbocycles. The van der Waals surface area contributed by atoms with E-state index in [1.807, 2.05) is 0 Å². The Kier molecular flexibility index (Phi) is 5.42. The average Bonchev–Trinajstić information content (AvgIpc) is 2.52. The van der Waals surface area contributed by atoms with Crippen molar-refractivity contribution in [1.82, 2.24) is 0 Å². The Morgan fingerprint density at radius 2 is 1.40 bits per heavy atom. The molecule has 116 valence electrons. The predicted octanol–water partition coefficient (Wildman–Crippen LogP) is 4.75. The molecule has 0 unspecified atom stereocenters. The van der Waals surface area contributed by atoms with Crippen LogP contribution >= 0.6 is 0 Å². The lowest BCUT2D eigenvalue weighted by Gasteiger charge is -2.44. The molecule has 20 heavy (non-hydrogen) atoms. The molecule has 3 heteroatoms. The van der Waals surface area contributed by atoms with Crippen molar-refractivity contribution in [3.63, 3.8) is 0 Å². The Morgan fingerprint density at radius 1 is 1.00 bits per heavy atom. The molecule has 1 aliphatic rings. The van der Waals surface area contributed by atoms with Crippen LogP contribution in [-0.4, -0.2) is 27.1 Å². The third kappa shape index (κ3) is 2.33. The second-order valence-corrected chi connectivity index (χ2v) is 13.1. The van der Waals surface area contributed by atoms with Crippen molar-refractivity contribution < 1.29 is 9.53 Å². The summed E-state index contributed by atoms with van der Waals surface area (Å²) >= 11 is 0. The van der Waals surface area contributed by atoms with E-state index in [1.54, 1.807) is 7.11 Å². The molecule has 2 atom stereocenters. The lowest BCUT2D eigenvalue weighted by Crippen LogP contribution is -2.49. The molecule has 0 saturated heterocycles. The van der Waals surface area contributed by atoms with Gasteiger partial charge in [-0.3, -0.25) is 4.79 Å². The third-order valence-electron chi connectivity index (χ3n) is 5.59. The molecule has 0 radical (unpaired) electrons. The Bertz CT molecular complexity index is 385. The molecule has 0 aromatic carbocycles. The second-order valence-electron chi connectivity index (χ2n) is 7.26. The molecule has 1 rings (SSSR count). The highest BCUT2D eigenvalue weighted by Crippen LogP contribution is 2.51. The van der Waals surface area contributed by atoms with Crippen LogP contribution in [0.1, 0.15) is 55.4 Å². The minimum atomic E-state index is -1.87. The van der Waals surface area contributed by atoms with E-state index in [-0.39, 0.29) is 17.8 Å². The van der Waals surface area contributed by atoms with Gasteiger partial charge in [-0.25, -0.2) is 0 Å². The maximum atomic E-state index is 13.0. The molecule has 1 aliphatic carbocycles. The molecule has 0 N–H and O–H groups in total. The van der Waals surface area contributed by atoms with Crippen LogP contribution in [0, 0.1) is 5.92 Å². The molecular formula is C17H32O2Si. The third-order valence-corrected chi connectivity index (χ3v) is 12.8. The standard InChI is InChI=1S/C17H32O2Si/c1-10(2)20(11(3)4,12(5)6)17-14(8)13(7)16(19-9)15(17)18/h10-13,16H,1-9H3/t13-,16+/m1/s1. The number of ketones is 1. The number of ether oxygens (including phenoxy) is 1. The van der Waals surface area contributed by atoms with Crippen LogP contribution in [0.25, 0.3) is 0 Å². The van der Waals surface area contributed by atoms with Crippen LogP contribution in [0.2, 0.25) is 16.6 Å². The molecule has 0 aromatic heterocycles. The zero-order chi connectivity index (χ0) is 15.8. The summed E-state index contributed by atoms with van der Waals surface area (Å²) in [5, 5.41) is 1.19. The minimum absolute atomic E-state index is 0.227. The molecule has 0 bridgehead atoms. The van der Waals surface area contributed by atoms with Gasteiger partial charge in [0.25, 0.3) is 0 Å². The van der Waals surface area contributed by atoms with Crippen LogP contribution in [0.5, 0.6) is 0 Å². The topological polar surface area (TPSA) is 26.3 Å². The number of rotatable bonds is 5. The Hall–Kier alpha value is -0.413. The maximum absolute atomic E-state index is 13.0. The normalized spacial score (nSPS) is 24.7. The summed E-state index contributed by atoms with van der Waals surface area (Å²) in [6.45, 7) is 18.2. The summed E-state index contributed by atoms with van der Waals surface area (Å²) in [6, 6.07) is 0. The first kappa shape index (κ1) is 17.6. The van der Waals surface area contributed by atoms with Gasteiger partial charge in [-0.1, -0.05) is 54.0 Å². The SMILES string of the molecule is CO[C@@H]1C(=O)C([Si](C(C)C)(C(C)C)C(C)C)=C(C)[C@H]1C. The van der Waals surface area contributed by atoms with Gasteiger partial charge in [0.2, 0.25) is 0 Å². The van der Waals surface area contributed by atoms with E-state index in [0.717, 1.165) is 0 Å². The van der Waals surface area contributed by atoms with Crippen LogP contribution in [0.15, 0.2) is 10.8 Å². The fourth-order valence-corrected chi connectivity index (χ4v) is 12.0. The largest absolute Gasteiger partial charge is 0.373 e. The molecule has 0 aromatic rings. The van der Waals surface area contributed by atoms with Gasteiger partial charge in [-0.15, -0.1) is 0 Å². The highest BCUT2D eigenvalue weighted by atomic mass is 28.3. The van der Waals surface area contributed by atoms with Crippen molar-refractivity contribution >= 4 is 13.9 Å². The number of methoxy groups -OCH3 is 1. The summed E-state index contributed by atoms with van der Waals surface area (Å²) in [7, 11) is -0.205. The van der Waals surface area contributed by atoms with Crippen molar-refractivity contribution in [1.29, 1.82) is 0 Å². The van der Waals surface area contributed by atoms with Gasteiger partial charge in [-0.2, -0.15) is 0 Å². The molecule has 0 heterocycles. The van der Waals surface area contributed by atoms with Gasteiger partial charge in [-0.05, 0) is 28.7 Å². The first-order valence-corrected chi connectivity index (χ1v) is 10.1. The van der Waals surface area contributed by atoms with E-state index in [4.69, 9.17) is 4.74 Å². The molecule has 2 nitrogen and oxygen atoms in total. The first-order valence-electron chi connectivity index (χ1n) is 7.92. The highest BCUT2D eigenvalue weighted by molar-refractivity contribution is 6.93. The number of hydrogen-bond acceptors (Lipinski definition) is 2. The van der Waals surface area contributed by atoms with Crippen molar-refractivity contribution in [2.45, 2.75) is 78.1 Å². The maximum Gasteiger partial charge on any atom is 0.184 e. The van der Waals surface area contributed by atoms with Gasteiger partial charge in [0.15, 0.2) is 5.78 Å². The minimum Gasteiger partial charge on any atom is -0.373 e. The number of hydrogen-bond donors (Lipinski definition) is 0. The summed E-state index contributed by atoms with van der Waals surface area (Å²) < 4.78 is 5.50. The van der Waals surface area contributed by atoms with Crippen LogP contribution in [-0.2, 0) is 9.53 Å². The smallest absolute Gasteiger partial charge is 0.184 e. The van der Waals surface area contributed by atoms with Crippen LogP contribution in [0.3, 0.4) is 0 Å². The number of Topliss-reactive ketones (excluding diaryl/α,β-unsaturated/α-hetero) is 1. The van der Waals surface area contributed by atoms with Gasteiger partial charge in [0.05, 0.1) is 8.07 Å². The molecular weight excluding hydrogens is 264 g/mol. The Labute approximate surface area is 126 Å². The van der Waals surface area contributed by atoms with Gasteiger partial charge >= 0.3 is 0 Å². The van der Waals surface area contributed by atoms with E-state index in [2.05, 4.69) is 55.4 Å². The van der Waals surface area contributed by atoms with Gasteiger partial charge < -0.3 is 4.74 Å². The van der Waals surface area contributed by atoms with Gasteiger partial charge in [0, 0.05) is 13.0 Å². The average molecular weight is 297 g/mol. The van der Waals surface area contributed by atoms with Crippen molar-refractivity contribution in [3.8, 4) is 0 Å². The molecule has 0 aliphatic heterocycles. The molecule has 0 amide bonds. The quantitative estimate of drug-likeness (QED) is 0.684. The van der Waals surface area contributed by atoms with Crippen molar-refractivity contribution in [3.05, 3.63) is 10.8 Å². The Morgan fingerprint density at radius 3 is 1.65 bits per heavy atom.